The number of hydrogen-bond acceptors (Lipinski definition) is 8. The van der Waals surface area contributed by atoms with E-state index < -0.39 is 60.2 Å². The van der Waals surface area contributed by atoms with Crippen LogP contribution in [0.3, 0.4) is 0 Å². The summed E-state index contributed by atoms with van der Waals surface area (Å²) < 4.78 is 0. The van der Waals surface area contributed by atoms with Crippen LogP contribution in [0.15, 0.2) is 0 Å². The Morgan fingerprint density at radius 2 is 1.66 bits per heavy atom. The van der Waals surface area contributed by atoms with Crippen molar-refractivity contribution in [3.8, 4) is 0 Å². The van der Waals surface area contributed by atoms with Gasteiger partial charge in [-0.05, 0) is 19.3 Å². The van der Waals surface area contributed by atoms with E-state index in [4.69, 9.17) is 10.8 Å². The van der Waals surface area contributed by atoms with Crippen molar-refractivity contribution in [3.05, 3.63) is 0 Å². The summed E-state index contributed by atoms with van der Waals surface area (Å²) >= 11 is 7.92. The van der Waals surface area contributed by atoms with Crippen molar-refractivity contribution < 1.29 is 34.2 Å². The van der Waals surface area contributed by atoms with Crippen LogP contribution in [0, 0.1) is 0 Å². The third-order valence-electron chi connectivity index (χ3n) is 4.43. The number of nitrogens with one attached hydrogen (secondary N) is 2. The molecule has 1 rings (SSSR count). The monoisotopic (exact) mass is 450 g/mol. The lowest BCUT2D eigenvalue weighted by molar-refractivity contribution is -0.150. The van der Waals surface area contributed by atoms with Crippen molar-refractivity contribution >= 4 is 54.9 Å². The van der Waals surface area contributed by atoms with Gasteiger partial charge in [0.05, 0.1) is 6.04 Å². The Hall–Kier alpha value is -1.99. The predicted molar refractivity (Wildman–Crippen MR) is 109 cm³/mol. The zero-order valence-corrected chi connectivity index (χ0v) is 17.4. The highest BCUT2D eigenvalue weighted by Gasteiger charge is 2.38. The van der Waals surface area contributed by atoms with E-state index in [-0.39, 0.29) is 30.9 Å². The van der Waals surface area contributed by atoms with Crippen LogP contribution in [0.1, 0.15) is 25.7 Å². The number of thiol groups is 2. The largest absolute Gasteiger partial charge is 0.481 e. The van der Waals surface area contributed by atoms with Crippen LogP contribution in [0.4, 0.5) is 0 Å². The molecular weight excluding hydrogens is 424 g/mol. The average Bonchev–Trinajstić information content (AvgIpc) is 3.17. The van der Waals surface area contributed by atoms with E-state index in [1.54, 1.807) is 0 Å². The third-order valence-corrected chi connectivity index (χ3v) is 5.19. The van der Waals surface area contributed by atoms with Gasteiger partial charge in [-0.15, -0.1) is 0 Å². The topological polar surface area (TPSA) is 179 Å². The standard InChI is InChI=1S/C16H26N4O7S2/c17-8(6-28)13(23)19-10(7-29)14(24)18-9(3-4-12(21)22)15(25)20-5-1-2-11(20)16(26)27/h8-11,28-29H,1-7,17H2,(H,18,24)(H,19,23)(H,21,22)(H,26,27). The molecule has 0 bridgehead atoms. The first-order valence-electron chi connectivity index (χ1n) is 8.95. The van der Waals surface area contributed by atoms with Crippen LogP contribution >= 0.6 is 25.3 Å². The van der Waals surface area contributed by atoms with Crippen molar-refractivity contribution in [2.24, 2.45) is 5.73 Å². The van der Waals surface area contributed by atoms with Gasteiger partial charge in [0, 0.05) is 24.5 Å². The molecule has 1 saturated heterocycles. The van der Waals surface area contributed by atoms with Gasteiger partial charge in [0.1, 0.15) is 18.1 Å². The van der Waals surface area contributed by atoms with Gasteiger partial charge in [0.25, 0.3) is 0 Å². The Labute approximate surface area is 178 Å². The maximum absolute atomic E-state index is 12.8. The fourth-order valence-corrected chi connectivity index (χ4v) is 3.26. The smallest absolute Gasteiger partial charge is 0.326 e. The van der Waals surface area contributed by atoms with Crippen LogP contribution in [-0.4, -0.2) is 87.0 Å². The summed E-state index contributed by atoms with van der Waals surface area (Å²) in [6, 6.07) is -4.35. The molecule has 6 N–H and O–H groups in total. The number of carbonyl (C=O) groups is 5. The number of nitrogens with zero attached hydrogens (tertiary/aromatic N) is 1. The number of carboxylic acids is 2. The molecule has 1 aliphatic rings. The molecule has 1 fully saturated rings. The second-order valence-electron chi connectivity index (χ2n) is 6.55. The summed E-state index contributed by atoms with van der Waals surface area (Å²) in [5.74, 6) is -4.45. The second kappa shape index (κ2) is 11.9. The number of hydrogen-bond donors (Lipinski definition) is 7. The average molecular weight is 451 g/mol. The molecule has 0 saturated carbocycles. The van der Waals surface area contributed by atoms with Crippen molar-refractivity contribution in [2.75, 3.05) is 18.1 Å². The molecule has 11 nitrogen and oxygen atoms in total. The molecule has 29 heavy (non-hydrogen) atoms. The first kappa shape index (κ1) is 25.0. The fraction of sp³-hybridized carbons (Fsp3) is 0.688. The van der Waals surface area contributed by atoms with E-state index in [0.29, 0.717) is 6.42 Å². The highest BCUT2D eigenvalue weighted by Crippen LogP contribution is 2.19. The lowest BCUT2D eigenvalue weighted by atomic mass is 10.1. The number of carbonyl (C=O) groups excluding carboxylic acids is 3. The zero-order chi connectivity index (χ0) is 22.1. The number of amides is 3. The minimum absolute atomic E-state index is 0.0536. The second-order valence-corrected chi connectivity index (χ2v) is 7.28. The van der Waals surface area contributed by atoms with Gasteiger partial charge in [-0.3, -0.25) is 19.2 Å². The molecule has 1 aliphatic heterocycles. The molecular formula is C16H26N4O7S2. The molecule has 3 amide bonds. The molecule has 1 heterocycles. The Bertz CT molecular complexity index is 649. The maximum atomic E-state index is 12.8. The lowest BCUT2D eigenvalue weighted by Crippen LogP contribution is -2.57. The number of aliphatic carboxylic acids is 2. The molecule has 0 aromatic carbocycles. The third kappa shape index (κ3) is 7.40. The van der Waals surface area contributed by atoms with Crippen LogP contribution < -0.4 is 16.4 Å². The van der Waals surface area contributed by atoms with Gasteiger partial charge in [0.2, 0.25) is 17.7 Å². The Balaban J connectivity index is 2.91. The van der Waals surface area contributed by atoms with E-state index in [2.05, 4.69) is 35.9 Å². The Kier molecular flexibility index (Phi) is 10.3. The van der Waals surface area contributed by atoms with Crippen LogP contribution in [0.2, 0.25) is 0 Å². The lowest BCUT2D eigenvalue weighted by Gasteiger charge is -2.28. The molecule has 4 unspecified atom stereocenters. The summed E-state index contributed by atoms with van der Waals surface area (Å²) in [7, 11) is 0. The number of rotatable bonds is 11. The summed E-state index contributed by atoms with van der Waals surface area (Å²) in [4.78, 5) is 60.6. The first-order chi connectivity index (χ1) is 13.6. The van der Waals surface area contributed by atoms with E-state index >= 15 is 0 Å². The number of nitrogens with two attached hydrogens (primary N) is 1. The van der Waals surface area contributed by atoms with E-state index in [1.165, 1.54) is 0 Å². The van der Waals surface area contributed by atoms with Gasteiger partial charge in [-0.1, -0.05) is 0 Å². The van der Waals surface area contributed by atoms with E-state index in [1.807, 2.05) is 0 Å². The van der Waals surface area contributed by atoms with Crippen molar-refractivity contribution in [1.29, 1.82) is 0 Å². The van der Waals surface area contributed by atoms with Crippen molar-refractivity contribution in [1.82, 2.24) is 15.5 Å². The molecule has 0 radical (unpaired) electrons. The van der Waals surface area contributed by atoms with Gasteiger partial charge >= 0.3 is 11.9 Å². The molecule has 13 heteroatoms. The van der Waals surface area contributed by atoms with Crippen LogP contribution in [0.25, 0.3) is 0 Å². The summed E-state index contributed by atoms with van der Waals surface area (Å²) in [6.07, 6.45) is 0.119. The molecule has 0 aromatic rings. The zero-order valence-electron chi connectivity index (χ0n) is 15.6. The SMILES string of the molecule is NC(CS)C(=O)NC(CS)C(=O)NC(CCC(=O)O)C(=O)N1CCCC1C(=O)O. The summed E-state index contributed by atoms with van der Waals surface area (Å²) in [5.41, 5.74) is 5.55. The van der Waals surface area contributed by atoms with Gasteiger partial charge < -0.3 is 31.5 Å². The summed E-state index contributed by atoms with van der Waals surface area (Å²) in [5, 5.41) is 23.0. The molecule has 0 aromatic heterocycles. The number of carboxylic acid groups (broad SMARTS) is 2. The fourth-order valence-electron chi connectivity index (χ4n) is 2.84. The normalized spacial score (nSPS) is 19.1. The highest BCUT2D eigenvalue weighted by atomic mass is 32.1. The van der Waals surface area contributed by atoms with E-state index in [9.17, 15) is 29.1 Å². The maximum Gasteiger partial charge on any atom is 0.326 e. The van der Waals surface area contributed by atoms with Gasteiger partial charge in [-0.2, -0.15) is 25.3 Å². The summed E-state index contributed by atoms with van der Waals surface area (Å²) in [6.45, 7) is 0.193. The highest BCUT2D eigenvalue weighted by molar-refractivity contribution is 7.80. The Morgan fingerprint density at radius 1 is 1.03 bits per heavy atom. The van der Waals surface area contributed by atoms with Crippen molar-refractivity contribution in [2.45, 2.75) is 49.9 Å². The van der Waals surface area contributed by atoms with Crippen LogP contribution in [0.5, 0.6) is 0 Å². The minimum Gasteiger partial charge on any atom is -0.481 e. The molecule has 0 aliphatic carbocycles. The van der Waals surface area contributed by atoms with E-state index in [0.717, 1.165) is 4.90 Å². The predicted octanol–water partition coefficient (Wildman–Crippen LogP) is -1.92. The number of likely N-dealkylation sites (tertiary alicyclic amines) is 1. The molecule has 164 valence electrons. The van der Waals surface area contributed by atoms with Crippen LogP contribution in [-0.2, 0) is 24.0 Å². The van der Waals surface area contributed by atoms with Gasteiger partial charge in [-0.25, -0.2) is 4.79 Å². The quantitative estimate of drug-likeness (QED) is 0.178. The van der Waals surface area contributed by atoms with Crippen molar-refractivity contribution in [3.63, 3.8) is 0 Å². The Morgan fingerprint density at radius 3 is 2.17 bits per heavy atom. The minimum atomic E-state index is -1.25. The molecule has 0 spiro atoms. The molecule has 4 atom stereocenters. The first-order valence-corrected chi connectivity index (χ1v) is 10.2. The van der Waals surface area contributed by atoms with Gasteiger partial charge in [0.15, 0.2) is 0 Å².